The van der Waals surface area contributed by atoms with Crippen molar-refractivity contribution in [2.75, 3.05) is 43.0 Å². The third kappa shape index (κ3) is 4.17. The summed E-state index contributed by atoms with van der Waals surface area (Å²) in [6.45, 7) is 6.29. The number of hydrogen-bond donors (Lipinski definition) is 1. The average Bonchev–Trinajstić information content (AvgIpc) is 3.03. The quantitative estimate of drug-likeness (QED) is 0.923. The molecule has 3 rings (SSSR count). The molecule has 1 atom stereocenters. The summed E-state index contributed by atoms with van der Waals surface area (Å²) in [6, 6.07) is 9.48. The number of nitrogens with one attached hydrogen (secondary N) is 1. The van der Waals surface area contributed by atoms with E-state index in [9.17, 15) is 4.79 Å². The lowest BCUT2D eigenvalue weighted by Crippen LogP contribution is -2.47. The van der Waals surface area contributed by atoms with Gasteiger partial charge in [-0.1, -0.05) is 12.1 Å². The van der Waals surface area contributed by atoms with Crippen LogP contribution < -0.4 is 5.32 Å². The number of thioether (sulfide) groups is 1. The van der Waals surface area contributed by atoms with Gasteiger partial charge in [0.1, 0.15) is 0 Å². The minimum atomic E-state index is 0.195. The molecular formula is C17H25N3OS. The average molecular weight is 319 g/mol. The molecule has 1 aromatic rings. The Labute approximate surface area is 137 Å². The van der Waals surface area contributed by atoms with E-state index < -0.39 is 0 Å². The molecule has 4 nitrogen and oxygen atoms in total. The fourth-order valence-corrected chi connectivity index (χ4v) is 4.22. The van der Waals surface area contributed by atoms with E-state index in [0.717, 1.165) is 32.7 Å². The summed E-state index contributed by atoms with van der Waals surface area (Å²) in [5.41, 5.74) is 2.58. The van der Waals surface area contributed by atoms with Crippen molar-refractivity contribution in [2.45, 2.75) is 25.9 Å². The zero-order valence-corrected chi connectivity index (χ0v) is 14.1. The number of rotatable bonds is 4. The van der Waals surface area contributed by atoms with Gasteiger partial charge >= 0.3 is 0 Å². The molecule has 5 heteroatoms. The van der Waals surface area contributed by atoms with Gasteiger partial charge in [-0.05, 0) is 29.9 Å². The molecule has 2 aliphatic rings. The van der Waals surface area contributed by atoms with Crippen LogP contribution in [-0.4, -0.2) is 59.4 Å². The van der Waals surface area contributed by atoms with Crippen LogP contribution in [0.15, 0.2) is 24.3 Å². The van der Waals surface area contributed by atoms with Crippen LogP contribution in [0, 0.1) is 0 Å². The van der Waals surface area contributed by atoms with E-state index >= 15 is 0 Å². The Morgan fingerprint density at radius 1 is 1.23 bits per heavy atom. The summed E-state index contributed by atoms with van der Waals surface area (Å²) in [6.07, 6.45) is 1.27. The number of amides is 1. The van der Waals surface area contributed by atoms with Crippen molar-refractivity contribution in [1.29, 1.82) is 0 Å². The number of hydrogen-bond acceptors (Lipinski definition) is 4. The Kier molecular flexibility index (Phi) is 5.26. The maximum absolute atomic E-state index is 11.3. The second kappa shape index (κ2) is 7.38. The van der Waals surface area contributed by atoms with E-state index in [2.05, 4.69) is 34.5 Å². The molecule has 2 aliphatic heterocycles. The van der Waals surface area contributed by atoms with Gasteiger partial charge in [-0.25, -0.2) is 0 Å². The maximum Gasteiger partial charge on any atom is 0.219 e. The van der Waals surface area contributed by atoms with Gasteiger partial charge in [-0.3, -0.25) is 9.69 Å². The highest BCUT2D eigenvalue weighted by molar-refractivity contribution is 7.99. The maximum atomic E-state index is 11.3. The molecule has 0 aromatic heterocycles. The largest absolute Gasteiger partial charge is 0.381 e. The first-order valence-corrected chi connectivity index (χ1v) is 9.27. The van der Waals surface area contributed by atoms with Gasteiger partial charge in [0.2, 0.25) is 5.91 Å². The van der Waals surface area contributed by atoms with Gasteiger partial charge < -0.3 is 10.2 Å². The zero-order chi connectivity index (χ0) is 15.4. The zero-order valence-electron chi connectivity index (χ0n) is 13.3. The van der Waals surface area contributed by atoms with E-state index in [4.69, 9.17) is 0 Å². The van der Waals surface area contributed by atoms with Gasteiger partial charge in [0.15, 0.2) is 0 Å². The lowest BCUT2D eigenvalue weighted by molar-refractivity contribution is -0.130. The van der Waals surface area contributed by atoms with Gasteiger partial charge in [0.25, 0.3) is 0 Å². The molecule has 2 fully saturated rings. The van der Waals surface area contributed by atoms with E-state index in [1.165, 1.54) is 29.2 Å². The summed E-state index contributed by atoms with van der Waals surface area (Å²) in [5.74, 6) is 2.70. The predicted octanol–water partition coefficient (Wildman–Crippen LogP) is 2.27. The van der Waals surface area contributed by atoms with Gasteiger partial charge in [-0.2, -0.15) is 11.8 Å². The number of anilines is 1. The Morgan fingerprint density at radius 2 is 1.95 bits per heavy atom. The summed E-state index contributed by atoms with van der Waals surface area (Å²) in [4.78, 5) is 15.7. The fraction of sp³-hybridized carbons (Fsp3) is 0.588. The normalized spacial score (nSPS) is 22.8. The van der Waals surface area contributed by atoms with Crippen molar-refractivity contribution in [1.82, 2.24) is 9.80 Å². The molecular weight excluding hydrogens is 294 g/mol. The molecule has 2 heterocycles. The van der Waals surface area contributed by atoms with Crippen LogP contribution in [0.1, 0.15) is 18.9 Å². The van der Waals surface area contributed by atoms with E-state index in [1.54, 1.807) is 6.92 Å². The molecule has 0 saturated carbocycles. The summed E-state index contributed by atoms with van der Waals surface area (Å²) in [7, 11) is 0. The SMILES string of the molecule is CC(=O)N1CCN(Cc2ccc(N[C@@H]3CCSC3)cc2)CC1. The van der Waals surface area contributed by atoms with E-state index in [0.29, 0.717) is 6.04 Å². The van der Waals surface area contributed by atoms with Gasteiger partial charge in [0, 0.05) is 57.1 Å². The van der Waals surface area contributed by atoms with Crippen LogP contribution in [0.25, 0.3) is 0 Å². The molecule has 1 N–H and O–H groups in total. The molecule has 22 heavy (non-hydrogen) atoms. The highest BCUT2D eigenvalue weighted by atomic mass is 32.2. The van der Waals surface area contributed by atoms with Crippen LogP contribution >= 0.6 is 11.8 Å². The van der Waals surface area contributed by atoms with Crippen LogP contribution in [0.5, 0.6) is 0 Å². The monoisotopic (exact) mass is 319 g/mol. The van der Waals surface area contributed by atoms with Crippen molar-refractivity contribution < 1.29 is 4.79 Å². The van der Waals surface area contributed by atoms with Crippen LogP contribution in [0.3, 0.4) is 0 Å². The molecule has 0 bridgehead atoms. The molecule has 120 valence electrons. The molecule has 0 unspecified atom stereocenters. The molecule has 0 spiro atoms. The van der Waals surface area contributed by atoms with E-state index in [-0.39, 0.29) is 5.91 Å². The Balaban J connectivity index is 1.48. The van der Waals surface area contributed by atoms with Crippen LogP contribution in [0.2, 0.25) is 0 Å². The Morgan fingerprint density at radius 3 is 2.55 bits per heavy atom. The lowest BCUT2D eigenvalue weighted by atomic mass is 10.1. The van der Waals surface area contributed by atoms with Crippen molar-refractivity contribution >= 4 is 23.4 Å². The summed E-state index contributed by atoms with van der Waals surface area (Å²) in [5, 5.41) is 3.61. The van der Waals surface area contributed by atoms with Crippen LogP contribution in [-0.2, 0) is 11.3 Å². The molecule has 1 amide bonds. The highest BCUT2D eigenvalue weighted by Crippen LogP contribution is 2.21. The smallest absolute Gasteiger partial charge is 0.219 e. The standard InChI is InChI=1S/C17H25N3OS/c1-14(21)20-9-7-19(8-10-20)12-15-2-4-16(5-3-15)18-17-6-11-22-13-17/h2-5,17-18H,6-13H2,1H3/t17-/m1/s1. The number of carbonyl (C=O) groups excluding carboxylic acids is 1. The van der Waals surface area contributed by atoms with Crippen molar-refractivity contribution in [3.05, 3.63) is 29.8 Å². The Bertz CT molecular complexity index is 491. The van der Waals surface area contributed by atoms with Crippen molar-refractivity contribution in [2.24, 2.45) is 0 Å². The number of piperazine rings is 1. The van der Waals surface area contributed by atoms with Crippen molar-refractivity contribution in [3.8, 4) is 0 Å². The summed E-state index contributed by atoms with van der Waals surface area (Å²) < 4.78 is 0. The third-order valence-electron chi connectivity index (χ3n) is 4.48. The second-order valence-corrected chi connectivity index (χ2v) is 7.33. The molecule has 0 radical (unpaired) electrons. The lowest BCUT2D eigenvalue weighted by Gasteiger charge is -2.34. The van der Waals surface area contributed by atoms with Gasteiger partial charge in [-0.15, -0.1) is 0 Å². The Hall–Kier alpha value is -1.20. The first-order valence-electron chi connectivity index (χ1n) is 8.12. The van der Waals surface area contributed by atoms with Crippen LogP contribution in [0.4, 0.5) is 5.69 Å². The molecule has 0 aliphatic carbocycles. The number of nitrogens with zero attached hydrogens (tertiary/aromatic N) is 2. The van der Waals surface area contributed by atoms with E-state index in [1.807, 2.05) is 16.7 Å². The second-order valence-electron chi connectivity index (χ2n) is 6.18. The number of benzene rings is 1. The fourth-order valence-electron chi connectivity index (χ4n) is 3.07. The number of carbonyl (C=O) groups is 1. The third-order valence-corrected chi connectivity index (χ3v) is 5.64. The van der Waals surface area contributed by atoms with Crippen molar-refractivity contribution in [3.63, 3.8) is 0 Å². The topological polar surface area (TPSA) is 35.6 Å². The highest BCUT2D eigenvalue weighted by Gasteiger charge is 2.18. The minimum Gasteiger partial charge on any atom is -0.381 e. The first-order chi connectivity index (χ1) is 10.7. The predicted molar refractivity (Wildman–Crippen MR) is 93.3 cm³/mol. The van der Waals surface area contributed by atoms with Gasteiger partial charge in [0.05, 0.1) is 0 Å². The molecule has 1 aromatic carbocycles. The summed E-state index contributed by atoms with van der Waals surface area (Å²) >= 11 is 2.03. The minimum absolute atomic E-state index is 0.195. The molecule has 2 saturated heterocycles. The first kappa shape index (κ1) is 15.7.